The maximum Gasteiger partial charge on any atom is 0.357 e. The molecular formula is C15H24N2O2. The summed E-state index contributed by atoms with van der Waals surface area (Å²) in [7, 11) is 0. The Bertz CT molecular complexity index is 391. The molecule has 0 aliphatic rings. The van der Waals surface area contributed by atoms with E-state index in [9.17, 15) is 4.79 Å². The highest BCUT2D eigenvalue weighted by Gasteiger charge is 2.09. The van der Waals surface area contributed by atoms with Crippen molar-refractivity contribution >= 4 is 11.8 Å². The van der Waals surface area contributed by atoms with Gasteiger partial charge in [0.15, 0.2) is 5.69 Å². The highest BCUT2D eigenvalue weighted by molar-refractivity contribution is 5.87. The van der Waals surface area contributed by atoms with Crippen molar-refractivity contribution < 1.29 is 9.53 Å². The van der Waals surface area contributed by atoms with Gasteiger partial charge < -0.3 is 10.1 Å². The van der Waals surface area contributed by atoms with Gasteiger partial charge in [0.1, 0.15) is 5.82 Å². The molecule has 0 amide bonds. The second-order valence-corrected chi connectivity index (χ2v) is 4.90. The van der Waals surface area contributed by atoms with E-state index in [1.807, 2.05) is 26.0 Å². The smallest absolute Gasteiger partial charge is 0.357 e. The monoisotopic (exact) mass is 264 g/mol. The largest absolute Gasteiger partial charge is 0.461 e. The van der Waals surface area contributed by atoms with Gasteiger partial charge in [-0.2, -0.15) is 0 Å². The van der Waals surface area contributed by atoms with Crippen LogP contribution in [-0.4, -0.2) is 23.6 Å². The van der Waals surface area contributed by atoms with Gasteiger partial charge >= 0.3 is 5.97 Å². The zero-order valence-electron chi connectivity index (χ0n) is 12.1. The molecule has 1 heterocycles. The van der Waals surface area contributed by atoms with Gasteiger partial charge in [-0.3, -0.25) is 0 Å². The fourth-order valence-corrected chi connectivity index (χ4v) is 1.69. The predicted molar refractivity (Wildman–Crippen MR) is 77.4 cm³/mol. The fraction of sp³-hybridized carbons (Fsp3) is 0.600. The predicted octanol–water partition coefficient (Wildman–Crippen LogP) is 3.64. The minimum atomic E-state index is -0.344. The standard InChI is InChI=1S/C15H24N2O2/c1-4-5-6-7-11-19-15(18)13-9-8-10-14(17-13)16-12(2)3/h8-10,12H,4-7,11H2,1-3H3,(H,16,17). The van der Waals surface area contributed by atoms with Crippen molar-refractivity contribution in [2.45, 2.75) is 52.5 Å². The van der Waals surface area contributed by atoms with Gasteiger partial charge in [0.05, 0.1) is 6.61 Å². The molecule has 0 radical (unpaired) electrons. The van der Waals surface area contributed by atoms with Gasteiger partial charge in [-0.15, -0.1) is 0 Å². The molecule has 0 unspecified atom stereocenters. The average molecular weight is 264 g/mol. The van der Waals surface area contributed by atoms with E-state index in [1.165, 1.54) is 12.8 Å². The number of rotatable bonds is 8. The topological polar surface area (TPSA) is 51.2 Å². The Morgan fingerprint density at radius 3 is 2.79 bits per heavy atom. The van der Waals surface area contributed by atoms with Crippen molar-refractivity contribution in [1.29, 1.82) is 0 Å². The molecule has 0 aromatic carbocycles. The molecule has 4 nitrogen and oxygen atoms in total. The minimum absolute atomic E-state index is 0.285. The highest BCUT2D eigenvalue weighted by Crippen LogP contribution is 2.08. The Labute approximate surface area is 115 Å². The van der Waals surface area contributed by atoms with Gasteiger partial charge in [-0.1, -0.05) is 32.3 Å². The SMILES string of the molecule is CCCCCCOC(=O)c1cccc(NC(C)C)n1. The van der Waals surface area contributed by atoms with Crippen molar-refractivity contribution in [3.8, 4) is 0 Å². The summed E-state index contributed by atoms with van der Waals surface area (Å²) in [6.45, 7) is 6.69. The van der Waals surface area contributed by atoms with E-state index in [0.717, 1.165) is 12.8 Å². The van der Waals surface area contributed by atoms with E-state index in [4.69, 9.17) is 4.74 Å². The maximum absolute atomic E-state index is 11.8. The van der Waals surface area contributed by atoms with E-state index in [0.29, 0.717) is 18.1 Å². The van der Waals surface area contributed by atoms with Crippen LogP contribution in [-0.2, 0) is 4.74 Å². The van der Waals surface area contributed by atoms with Gasteiger partial charge in [0.25, 0.3) is 0 Å². The van der Waals surface area contributed by atoms with Crippen molar-refractivity contribution in [2.24, 2.45) is 0 Å². The summed E-state index contributed by atoms with van der Waals surface area (Å²) < 4.78 is 5.21. The second kappa shape index (κ2) is 8.51. The Hall–Kier alpha value is -1.58. The van der Waals surface area contributed by atoms with E-state index >= 15 is 0 Å². The van der Waals surface area contributed by atoms with Gasteiger partial charge in [0, 0.05) is 6.04 Å². The summed E-state index contributed by atoms with van der Waals surface area (Å²) in [6, 6.07) is 5.62. The normalized spacial score (nSPS) is 10.5. The molecule has 1 aromatic heterocycles. The van der Waals surface area contributed by atoms with Crippen molar-refractivity contribution in [1.82, 2.24) is 4.98 Å². The Morgan fingerprint density at radius 2 is 2.11 bits per heavy atom. The lowest BCUT2D eigenvalue weighted by Crippen LogP contribution is -2.14. The highest BCUT2D eigenvalue weighted by atomic mass is 16.5. The van der Waals surface area contributed by atoms with Crippen LogP contribution >= 0.6 is 0 Å². The number of carbonyl (C=O) groups is 1. The maximum atomic E-state index is 11.8. The number of anilines is 1. The number of esters is 1. The molecule has 1 rings (SSSR count). The van der Waals surface area contributed by atoms with Crippen molar-refractivity contribution in [3.05, 3.63) is 23.9 Å². The molecule has 4 heteroatoms. The summed E-state index contributed by atoms with van der Waals surface area (Å²) in [6.07, 6.45) is 4.39. The number of carbonyl (C=O) groups excluding carboxylic acids is 1. The number of hydrogen-bond acceptors (Lipinski definition) is 4. The molecule has 0 aliphatic heterocycles. The molecule has 0 atom stereocenters. The van der Waals surface area contributed by atoms with Crippen molar-refractivity contribution in [2.75, 3.05) is 11.9 Å². The number of ether oxygens (including phenoxy) is 1. The number of nitrogens with one attached hydrogen (secondary N) is 1. The number of aromatic nitrogens is 1. The summed E-state index contributed by atoms with van der Waals surface area (Å²) in [4.78, 5) is 16.0. The quantitative estimate of drug-likeness (QED) is 0.575. The van der Waals surface area contributed by atoms with E-state index in [2.05, 4.69) is 17.2 Å². The van der Waals surface area contributed by atoms with Crippen molar-refractivity contribution in [3.63, 3.8) is 0 Å². The molecule has 0 saturated carbocycles. The summed E-state index contributed by atoms with van der Waals surface area (Å²) in [5, 5.41) is 3.17. The van der Waals surface area contributed by atoms with Crippen LogP contribution in [0.25, 0.3) is 0 Å². The number of unbranched alkanes of at least 4 members (excludes halogenated alkanes) is 3. The molecular weight excluding hydrogens is 240 g/mol. The molecule has 0 bridgehead atoms. The molecule has 106 valence electrons. The molecule has 0 aliphatic carbocycles. The third-order valence-corrected chi connectivity index (χ3v) is 2.63. The lowest BCUT2D eigenvalue weighted by atomic mass is 10.2. The first kappa shape index (κ1) is 15.5. The van der Waals surface area contributed by atoms with E-state index < -0.39 is 0 Å². The molecule has 0 saturated heterocycles. The number of nitrogens with zero attached hydrogens (tertiary/aromatic N) is 1. The number of hydrogen-bond donors (Lipinski definition) is 1. The third kappa shape index (κ3) is 6.22. The molecule has 19 heavy (non-hydrogen) atoms. The van der Waals surface area contributed by atoms with Crippen LogP contribution in [0, 0.1) is 0 Å². The summed E-state index contributed by atoms with van der Waals surface area (Å²) in [5.74, 6) is 0.360. The van der Waals surface area contributed by atoms with Gasteiger partial charge in [-0.05, 0) is 32.4 Å². The second-order valence-electron chi connectivity index (χ2n) is 4.90. The lowest BCUT2D eigenvalue weighted by Gasteiger charge is -2.10. The summed E-state index contributed by atoms with van der Waals surface area (Å²) >= 11 is 0. The molecule has 0 fully saturated rings. The molecule has 1 N–H and O–H groups in total. The Kier molecular flexibility index (Phi) is 6.93. The lowest BCUT2D eigenvalue weighted by molar-refractivity contribution is 0.0491. The fourth-order valence-electron chi connectivity index (χ4n) is 1.69. The van der Waals surface area contributed by atoms with Crippen LogP contribution in [0.2, 0.25) is 0 Å². The minimum Gasteiger partial charge on any atom is -0.461 e. The van der Waals surface area contributed by atoms with Crippen LogP contribution in [0.4, 0.5) is 5.82 Å². The Balaban J connectivity index is 2.43. The Morgan fingerprint density at radius 1 is 1.32 bits per heavy atom. The van der Waals surface area contributed by atoms with E-state index in [1.54, 1.807) is 6.07 Å². The van der Waals surface area contributed by atoms with Crippen LogP contribution in [0.3, 0.4) is 0 Å². The molecule has 0 spiro atoms. The summed E-state index contributed by atoms with van der Waals surface area (Å²) in [5.41, 5.74) is 0.362. The van der Waals surface area contributed by atoms with Crippen LogP contribution in [0.15, 0.2) is 18.2 Å². The number of pyridine rings is 1. The van der Waals surface area contributed by atoms with Gasteiger partial charge in [0.2, 0.25) is 0 Å². The third-order valence-electron chi connectivity index (χ3n) is 2.63. The average Bonchev–Trinajstić information content (AvgIpc) is 2.38. The van der Waals surface area contributed by atoms with Crippen LogP contribution in [0.5, 0.6) is 0 Å². The first-order valence-corrected chi connectivity index (χ1v) is 7.04. The zero-order chi connectivity index (χ0) is 14.1. The first-order valence-electron chi connectivity index (χ1n) is 7.04. The zero-order valence-corrected chi connectivity index (χ0v) is 12.1. The molecule has 1 aromatic rings. The first-order chi connectivity index (χ1) is 9.13. The van der Waals surface area contributed by atoms with Crippen LogP contribution < -0.4 is 5.32 Å². The van der Waals surface area contributed by atoms with E-state index in [-0.39, 0.29) is 12.0 Å². The van der Waals surface area contributed by atoms with Gasteiger partial charge in [-0.25, -0.2) is 9.78 Å². The van der Waals surface area contributed by atoms with Crippen LogP contribution in [0.1, 0.15) is 56.9 Å².